The third-order valence-corrected chi connectivity index (χ3v) is 2.53. The molecule has 1 aliphatic rings. The molecule has 2 nitrogen and oxygen atoms in total. The summed E-state index contributed by atoms with van der Waals surface area (Å²) in [6, 6.07) is 0. The first-order valence-electron chi connectivity index (χ1n) is 4.11. The summed E-state index contributed by atoms with van der Waals surface area (Å²) in [4.78, 5) is 0. The lowest BCUT2D eigenvalue weighted by Gasteiger charge is -2.32. The Labute approximate surface area is 74.4 Å². The van der Waals surface area contributed by atoms with Crippen LogP contribution in [0.2, 0.25) is 0 Å². The van der Waals surface area contributed by atoms with E-state index in [-0.39, 0.29) is 18.3 Å². The van der Waals surface area contributed by atoms with Crippen molar-refractivity contribution in [1.29, 1.82) is 0 Å². The molecule has 0 saturated carbocycles. The first kappa shape index (κ1) is 9.59. The highest BCUT2D eigenvalue weighted by molar-refractivity contribution is 6.51. The van der Waals surface area contributed by atoms with E-state index < -0.39 is 0 Å². The molecule has 0 unspecified atom stereocenters. The first-order valence-corrected chi connectivity index (χ1v) is 4.11. The average Bonchev–Trinajstić information content (AvgIpc) is 2.02. The average molecular weight is 166 g/mol. The highest BCUT2D eigenvalue weighted by atomic mass is 16.7. The van der Waals surface area contributed by atoms with Crippen molar-refractivity contribution in [3.63, 3.8) is 0 Å². The van der Waals surface area contributed by atoms with Crippen LogP contribution in [-0.2, 0) is 9.31 Å². The van der Waals surface area contributed by atoms with Crippen molar-refractivity contribution in [3.8, 4) is 0 Å². The van der Waals surface area contributed by atoms with E-state index in [1.165, 1.54) is 0 Å². The maximum absolute atomic E-state index is 5.62. The van der Waals surface area contributed by atoms with Crippen LogP contribution in [0.1, 0.15) is 27.7 Å². The molecule has 0 N–H and O–H groups in total. The molecule has 0 aliphatic carbocycles. The van der Waals surface area contributed by atoms with Crippen molar-refractivity contribution < 1.29 is 9.31 Å². The van der Waals surface area contributed by atoms with Gasteiger partial charge in [0.2, 0.25) is 0 Å². The Morgan fingerprint density at radius 1 is 1.17 bits per heavy atom. The maximum Gasteiger partial charge on any atom is 0.495 e. The second-order valence-electron chi connectivity index (χ2n) is 4.00. The molecule has 0 aromatic heterocycles. The second-order valence-corrected chi connectivity index (χ2v) is 4.00. The van der Waals surface area contributed by atoms with E-state index in [2.05, 4.69) is 12.3 Å². The summed E-state index contributed by atoms with van der Waals surface area (Å²) in [6.07, 6.45) is 0. The largest absolute Gasteiger partial charge is 0.495 e. The lowest BCUT2D eigenvalue weighted by atomic mass is 9.90. The molecule has 0 radical (unpaired) electrons. The molecule has 0 aromatic carbocycles. The van der Waals surface area contributed by atoms with Crippen molar-refractivity contribution in [2.24, 2.45) is 0 Å². The second kappa shape index (κ2) is 2.77. The zero-order valence-electron chi connectivity index (χ0n) is 8.18. The molecule has 1 rings (SSSR count). The van der Waals surface area contributed by atoms with Crippen molar-refractivity contribution in [3.05, 3.63) is 18.3 Å². The van der Waals surface area contributed by atoms with Crippen LogP contribution >= 0.6 is 0 Å². The van der Waals surface area contributed by atoms with E-state index >= 15 is 0 Å². The van der Waals surface area contributed by atoms with E-state index in [4.69, 9.17) is 9.31 Å². The molecular weight excluding hydrogens is 151 g/mol. The minimum atomic E-state index is -0.299. The Balaban J connectivity index is 2.80. The van der Waals surface area contributed by atoms with Gasteiger partial charge in [0.05, 0.1) is 11.2 Å². The summed E-state index contributed by atoms with van der Waals surface area (Å²) in [5.41, 5.74) is 2.14. The van der Waals surface area contributed by atoms with Crippen LogP contribution in [0.5, 0.6) is 0 Å². The zero-order chi connectivity index (χ0) is 9.41. The Morgan fingerprint density at radius 3 is 1.92 bits per heavy atom. The highest BCUT2D eigenvalue weighted by Crippen LogP contribution is 2.36. The molecule has 1 fully saturated rings. The van der Waals surface area contributed by atoms with Gasteiger partial charge in [-0.15, -0.1) is 5.73 Å². The summed E-state index contributed by atoms with van der Waals surface area (Å²) in [5.74, 6) is 1.69. The predicted octanol–water partition coefficient (Wildman–Crippen LogP) is 1.96. The molecule has 12 heavy (non-hydrogen) atoms. The quantitative estimate of drug-likeness (QED) is 0.437. The van der Waals surface area contributed by atoms with Gasteiger partial charge < -0.3 is 9.31 Å². The summed E-state index contributed by atoms with van der Waals surface area (Å²) in [5, 5.41) is 0. The number of hydrogen-bond donors (Lipinski definition) is 0. The Kier molecular flexibility index (Phi) is 2.22. The summed E-state index contributed by atoms with van der Waals surface area (Å²) >= 11 is 0. The van der Waals surface area contributed by atoms with Crippen molar-refractivity contribution in [1.82, 2.24) is 0 Å². The normalized spacial score (nSPS) is 25.2. The summed E-state index contributed by atoms with van der Waals surface area (Å²) in [6.45, 7) is 11.6. The summed E-state index contributed by atoms with van der Waals surface area (Å²) in [7, 11) is -0.299. The Bertz CT molecular complexity index is 211. The van der Waals surface area contributed by atoms with E-state index in [1.54, 1.807) is 5.98 Å². The SMILES string of the molecule is C=C=CB1OC(C)(C)C(C)(C)O1. The van der Waals surface area contributed by atoms with Crippen LogP contribution in [0.3, 0.4) is 0 Å². The molecule has 1 aliphatic heterocycles. The van der Waals surface area contributed by atoms with Gasteiger partial charge >= 0.3 is 7.12 Å². The van der Waals surface area contributed by atoms with Crippen LogP contribution in [0.4, 0.5) is 0 Å². The molecule has 1 heterocycles. The lowest BCUT2D eigenvalue weighted by molar-refractivity contribution is 0.00578. The van der Waals surface area contributed by atoms with Crippen molar-refractivity contribution in [2.75, 3.05) is 0 Å². The van der Waals surface area contributed by atoms with Gasteiger partial charge in [0.1, 0.15) is 0 Å². The minimum absolute atomic E-state index is 0.259. The summed E-state index contributed by atoms with van der Waals surface area (Å²) < 4.78 is 11.2. The molecule has 0 bridgehead atoms. The van der Waals surface area contributed by atoms with Crippen molar-refractivity contribution >= 4 is 7.12 Å². The van der Waals surface area contributed by atoms with Gasteiger partial charge in [0.25, 0.3) is 0 Å². The standard InChI is InChI=1S/C9H15BO2/c1-6-7-10-11-8(2,3)9(4,5)12-10/h7H,1H2,2-5H3. The minimum Gasteiger partial charge on any atom is -0.399 e. The molecule has 0 spiro atoms. The smallest absolute Gasteiger partial charge is 0.399 e. The van der Waals surface area contributed by atoms with Gasteiger partial charge in [-0.05, 0) is 33.7 Å². The molecule has 3 heteroatoms. The van der Waals surface area contributed by atoms with Gasteiger partial charge in [-0.2, -0.15) is 0 Å². The molecular formula is C9H15BO2. The van der Waals surface area contributed by atoms with Crippen molar-refractivity contribution in [2.45, 2.75) is 38.9 Å². The molecule has 66 valence electrons. The monoisotopic (exact) mass is 166 g/mol. The number of rotatable bonds is 1. The van der Waals surface area contributed by atoms with E-state index in [9.17, 15) is 0 Å². The number of hydrogen-bond acceptors (Lipinski definition) is 2. The first-order chi connectivity index (χ1) is 5.39. The highest BCUT2D eigenvalue weighted by Gasteiger charge is 2.50. The van der Waals surface area contributed by atoms with Crippen LogP contribution in [-0.4, -0.2) is 18.3 Å². The van der Waals surface area contributed by atoms with Crippen LogP contribution < -0.4 is 0 Å². The fraction of sp³-hybridized carbons (Fsp3) is 0.667. The predicted molar refractivity (Wildman–Crippen MR) is 49.8 cm³/mol. The van der Waals surface area contributed by atoms with E-state index in [1.807, 2.05) is 27.7 Å². The lowest BCUT2D eigenvalue weighted by Crippen LogP contribution is -2.41. The maximum atomic E-state index is 5.62. The van der Waals surface area contributed by atoms with E-state index in [0.29, 0.717) is 0 Å². The van der Waals surface area contributed by atoms with Crippen LogP contribution in [0, 0.1) is 0 Å². The molecule has 0 aromatic rings. The van der Waals surface area contributed by atoms with E-state index in [0.717, 1.165) is 0 Å². The van der Waals surface area contributed by atoms with Gasteiger partial charge in [0, 0.05) is 0 Å². The molecule has 0 atom stereocenters. The van der Waals surface area contributed by atoms with Gasteiger partial charge in [0.15, 0.2) is 0 Å². The van der Waals surface area contributed by atoms with Gasteiger partial charge in [-0.25, -0.2) is 0 Å². The van der Waals surface area contributed by atoms with Crippen LogP contribution in [0.15, 0.2) is 18.3 Å². The zero-order valence-corrected chi connectivity index (χ0v) is 8.18. The third-order valence-electron chi connectivity index (χ3n) is 2.53. The molecule has 1 saturated heterocycles. The Morgan fingerprint density at radius 2 is 1.58 bits per heavy atom. The van der Waals surface area contributed by atoms with Gasteiger partial charge in [-0.3, -0.25) is 0 Å². The van der Waals surface area contributed by atoms with Gasteiger partial charge in [-0.1, -0.05) is 6.58 Å². The third kappa shape index (κ3) is 1.49. The fourth-order valence-electron chi connectivity index (χ4n) is 1.05. The fourth-order valence-corrected chi connectivity index (χ4v) is 1.05. The van der Waals surface area contributed by atoms with Crippen LogP contribution in [0.25, 0.3) is 0 Å². The molecule has 0 amide bonds. The topological polar surface area (TPSA) is 18.5 Å². The Hall–Kier alpha value is -0.495.